The number of hydrogen-bond acceptors (Lipinski definition) is 5. The van der Waals surface area contributed by atoms with Crippen LogP contribution in [0.25, 0.3) is 0 Å². The molecule has 0 aliphatic heterocycles. The summed E-state index contributed by atoms with van der Waals surface area (Å²) in [5.74, 6) is 0.569. The Bertz CT molecular complexity index is 337. The van der Waals surface area contributed by atoms with E-state index in [-0.39, 0.29) is 6.61 Å². The van der Waals surface area contributed by atoms with Crippen molar-refractivity contribution in [1.82, 2.24) is 25.2 Å². The highest BCUT2D eigenvalue weighted by atomic mass is 16.3. The monoisotopic (exact) mass is 255 g/mol. The first-order valence-electron chi connectivity index (χ1n) is 6.41. The van der Waals surface area contributed by atoms with E-state index in [1.165, 1.54) is 0 Å². The SMILES string of the molecule is CC(C)C(CN(C)C)NCc1cn(CCO)nn1. The van der Waals surface area contributed by atoms with Gasteiger partial charge in [-0.3, -0.25) is 0 Å². The molecule has 0 amide bonds. The van der Waals surface area contributed by atoms with E-state index >= 15 is 0 Å². The summed E-state index contributed by atoms with van der Waals surface area (Å²) in [7, 11) is 4.16. The van der Waals surface area contributed by atoms with Gasteiger partial charge in [0.05, 0.1) is 18.8 Å². The van der Waals surface area contributed by atoms with Crippen LogP contribution in [0.15, 0.2) is 6.20 Å². The number of hydrogen-bond donors (Lipinski definition) is 2. The first-order valence-corrected chi connectivity index (χ1v) is 6.41. The van der Waals surface area contributed by atoms with Gasteiger partial charge in [-0.05, 0) is 20.0 Å². The van der Waals surface area contributed by atoms with E-state index in [4.69, 9.17) is 5.11 Å². The molecule has 1 atom stereocenters. The van der Waals surface area contributed by atoms with Gasteiger partial charge < -0.3 is 15.3 Å². The fourth-order valence-electron chi connectivity index (χ4n) is 1.77. The molecule has 0 saturated heterocycles. The molecule has 1 heterocycles. The van der Waals surface area contributed by atoms with E-state index in [0.717, 1.165) is 12.2 Å². The number of rotatable bonds is 8. The van der Waals surface area contributed by atoms with Crippen LogP contribution in [0.1, 0.15) is 19.5 Å². The highest BCUT2D eigenvalue weighted by molar-refractivity contribution is 4.92. The van der Waals surface area contributed by atoms with Gasteiger partial charge in [0.25, 0.3) is 0 Å². The molecule has 6 heteroatoms. The third-order valence-electron chi connectivity index (χ3n) is 2.83. The van der Waals surface area contributed by atoms with Gasteiger partial charge in [-0.15, -0.1) is 5.10 Å². The Hall–Kier alpha value is -0.980. The van der Waals surface area contributed by atoms with Gasteiger partial charge in [-0.25, -0.2) is 4.68 Å². The predicted molar refractivity (Wildman–Crippen MR) is 71.1 cm³/mol. The van der Waals surface area contributed by atoms with Crippen molar-refractivity contribution in [2.45, 2.75) is 33.0 Å². The van der Waals surface area contributed by atoms with Crippen LogP contribution in [-0.4, -0.2) is 58.3 Å². The zero-order valence-corrected chi connectivity index (χ0v) is 11.8. The van der Waals surface area contributed by atoms with E-state index in [2.05, 4.69) is 48.5 Å². The molecule has 1 aromatic heterocycles. The molecule has 0 aliphatic carbocycles. The first-order chi connectivity index (χ1) is 8.52. The van der Waals surface area contributed by atoms with Crippen LogP contribution in [0.4, 0.5) is 0 Å². The minimum Gasteiger partial charge on any atom is -0.394 e. The minimum absolute atomic E-state index is 0.0888. The maximum atomic E-state index is 8.81. The molecular formula is C12H25N5O. The van der Waals surface area contributed by atoms with Crippen molar-refractivity contribution < 1.29 is 5.11 Å². The lowest BCUT2D eigenvalue weighted by Crippen LogP contribution is -2.41. The lowest BCUT2D eigenvalue weighted by atomic mass is 10.0. The maximum absolute atomic E-state index is 8.81. The van der Waals surface area contributed by atoms with Crippen LogP contribution in [0, 0.1) is 5.92 Å². The maximum Gasteiger partial charge on any atom is 0.0964 e. The van der Waals surface area contributed by atoms with E-state index in [0.29, 0.717) is 25.0 Å². The molecule has 2 N–H and O–H groups in total. The largest absolute Gasteiger partial charge is 0.394 e. The Balaban J connectivity index is 2.45. The smallest absolute Gasteiger partial charge is 0.0964 e. The summed E-state index contributed by atoms with van der Waals surface area (Å²) in [5.41, 5.74) is 0.910. The van der Waals surface area contributed by atoms with Gasteiger partial charge in [-0.2, -0.15) is 0 Å². The molecule has 1 aromatic rings. The first kappa shape index (κ1) is 15.1. The standard InChI is InChI=1S/C12H25N5O/c1-10(2)12(9-16(3)4)13-7-11-8-17(5-6-18)15-14-11/h8,10,12-13,18H,5-7,9H2,1-4H3. The second-order valence-electron chi connectivity index (χ2n) is 5.19. The van der Waals surface area contributed by atoms with Crippen molar-refractivity contribution in [3.63, 3.8) is 0 Å². The van der Waals surface area contributed by atoms with E-state index in [9.17, 15) is 0 Å². The van der Waals surface area contributed by atoms with Gasteiger partial charge in [0.2, 0.25) is 0 Å². The molecule has 0 radical (unpaired) electrons. The number of aliphatic hydroxyl groups excluding tert-OH is 1. The summed E-state index contributed by atoms with van der Waals surface area (Å²) in [4.78, 5) is 2.18. The zero-order chi connectivity index (χ0) is 13.5. The van der Waals surface area contributed by atoms with Crippen LogP contribution < -0.4 is 5.32 Å². The molecule has 0 fully saturated rings. The van der Waals surface area contributed by atoms with Crippen molar-refractivity contribution in [3.8, 4) is 0 Å². The lowest BCUT2D eigenvalue weighted by molar-refractivity contribution is 0.268. The average molecular weight is 255 g/mol. The Kier molecular flexibility index (Phi) is 6.24. The molecule has 18 heavy (non-hydrogen) atoms. The van der Waals surface area contributed by atoms with Crippen molar-refractivity contribution >= 4 is 0 Å². The van der Waals surface area contributed by atoms with Crippen LogP contribution in [0.2, 0.25) is 0 Å². The van der Waals surface area contributed by atoms with Gasteiger partial charge in [0.1, 0.15) is 0 Å². The predicted octanol–water partition coefficient (Wildman–Crippen LogP) is -0.0538. The summed E-state index contributed by atoms with van der Waals surface area (Å²) >= 11 is 0. The van der Waals surface area contributed by atoms with Crippen molar-refractivity contribution in [2.24, 2.45) is 5.92 Å². The topological polar surface area (TPSA) is 66.2 Å². The summed E-state index contributed by atoms with van der Waals surface area (Å²) in [6.07, 6.45) is 1.87. The highest BCUT2D eigenvalue weighted by Gasteiger charge is 2.14. The summed E-state index contributed by atoms with van der Waals surface area (Å²) in [5, 5.41) is 20.3. The molecule has 104 valence electrons. The van der Waals surface area contributed by atoms with Crippen LogP contribution in [-0.2, 0) is 13.1 Å². The molecule has 6 nitrogen and oxygen atoms in total. The van der Waals surface area contributed by atoms with Gasteiger partial charge in [0, 0.05) is 25.3 Å². The molecule has 0 spiro atoms. The molecule has 0 saturated carbocycles. The van der Waals surface area contributed by atoms with Crippen LogP contribution in [0.5, 0.6) is 0 Å². The number of likely N-dealkylation sites (N-methyl/N-ethyl adjacent to an activating group) is 1. The highest BCUT2D eigenvalue weighted by Crippen LogP contribution is 2.04. The van der Waals surface area contributed by atoms with Crippen molar-refractivity contribution in [3.05, 3.63) is 11.9 Å². The minimum atomic E-state index is 0.0888. The summed E-state index contributed by atoms with van der Waals surface area (Å²) < 4.78 is 1.66. The third-order valence-corrected chi connectivity index (χ3v) is 2.83. The third kappa shape index (κ3) is 5.12. The van der Waals surface area contributed by atoms with Crippen molar-refractivity contribution in [1.29, 1.82) is 0 Å². The number of nitrogens with one attached hydrogen (secondary N) is 1. The second-order valence-corrected chi connectivity index (χ2v) is 5.19. The average Bonchev–Trinajstić information content (AvgIpc) is 2.72. The van der Waals surface area contributed by atoms with Crippen LogP contribution in [0.3, 0.4) is 0 Å². The molecule has 0 bridgehead atoms. The fourth-order valence-corrected chi connectivity index (χ4v) is 1.77. The van der Waals surface area contributed by atoms with Gasteiger partial charge in [-0.1, -0.05) is 19.1 Å². The number of aliphatic hydroxyl groups is 1. The summed E-state index contributed by atoms with van der Waals surface area (Å²) in [6, 6.07) is 0.433. The molecule has 0 aliphatic rings. The molecule has 0 aromatic carbocycles. The Morgan fingerprint density at radius 1 is 1.44 bits per heavy atom. The van der Waals surface area contributed by atoms with E-state index in [1.54, 1.807) is 4.68 Å². The van der Waals surface area contributed by atoms with E-state index < -0.39 is 0 Å². The Morgan fingerprint density at radius 2 is 2.17 bits per heavy atom. The van der Waals surface area contributed by atoms with Gasteiger partial charge >= 0.3 is 0 Å². The number of nitrogens with zero attached hydrogens (tertiary/aromatic N) is 4. The fraction of sp³-hybridized carbons (Fsp3) is 0.833. The molecule has 1 unspecified atom stereocenters. The van der Waals surface area contributed by atoms with Gasteiger partial charge in [0.15, 0.2) is 0 Å². The molecular weight excluding hydrogens is 230 g/mol. The van der Waals surface area contributed by atoms with Crippen molar-refractivity contribution in [2.75, 3.05) is 27.2 Å². The number of aromatic nitrogens is 3. The Morgan fingerprint density at radius 3 is 2.72 bits per heavy atom. The molecule has 1 rings (SSSR count). The second kappa shape index (κ2) is 7.45. The Labute approximate surface area is 109 Å². The lowest BCUT2D eigenvalue weighted by Gasteiger charge is -2.25. The summed E-state index contributed by atoms with van der Waals surface area (Å²) in [6.45, 7) is 6.72. The van der Waals surface area contributed by atoms with E-state index in [1.807, 2.05) is 6.20 Å². The zero-order valence-electron chi connectivity index (χ0n) is 11.8. The van der Waals surface area contributed by atoms with Crippen LogP contribution >= 0.6 is 0 Å². The normalized spacial score (nSPS) is 13.5. The quantitative estimate of drug-likeness (QED) is 0.681.